The van der Waals surface area contributed by atoms with Gasteiger partial charge in [-0.25, -0.2) is 4.39 Å². The van der Waals surface area contributed by atoms with Crippen LogP contribution in [0.25, 0.3) is 0 Å². The van der Waals surface area contributed by atoms with Gasteiger partial charge in [-0.1, -0.05) is 24.6 Å². The standard InChI is InChI=1S/C13H18ClFN2/c1-2-17-7-3-4-12(16)13(17)9-5-6-10(14)11(15)8-9/h5-6,8,12-13H,2-4,7,16H2,1H3. The maximum absolute atomic E-state index is 13.5. The number of likely N-dealkylation sites (tertiary alicyclic amines) is 1. The van der Waals surface area contributed by atoms with Crippen molar-refractivity contribution in [2.75, 3.05) is 13.1 Å². The summed E-state index contributed by atoms with van der Waals surface area (Å²) < 4.78 is 13.5. The molecule has 4 heteroatoms. The molecular weight excluding hydrogens is 239 g/mol. The van der Waals surface area contributed by atoms with E-state index in [1.54, 1.807) is 6.07 Å². The molecule has 2 nitrogen and oxygen atoms in total. The SMILES string of the molecule is CCN1CCCC(N)C1c1ccc(Cl)c(F)c1. The van der Waals surface area contributed by atoms with Gasteiger partial charge >= 0.3 is 0 Å². The van der Waals surface area contributed by atoms with E-state index in [2.05, 4.69) is 11.8 Å². The van der Waals surface area contributed by atoms with Crippen molar-refractivity contribution in [1.82, 2.24) is 4.90 Å². The summed E-state index contributed by atoms with van der Waals surface area (Å²) in [5.41, 5.74) is 7.10. The molecular formula is C13H18ClFN2. The predicted octanol–water partition coefficient (Wildman–Crippen LogP) is 2.96. The lowest BCUT2D eigenvalue weighted by Crippen LogP contribution is -2.45. The maximum Gasteiger partial charge on any atom is 0.142 e. The van der Waals surface area contributed by atoms with Crippen LogP contribution < -0.4 is 5.73 Å². The molecule has 2 rings (SSSR count). The van der Waals surface area contributed by atoms with Gasteiger partial charge in [0.05, 0.1) is 5.02 Å². The van der Waals surface area contributed by atoms with E-state index in [-0.39, 0.29) is 22.9 Å². The highest BCUT2D eigenvalue weighted by Crippen LogP contribution is 2.31. The van der Waals surface area contributed by atoms with Crippen LogP contribution in [0.4, 0.5) is 4.39 Å². The van der Waals surface area contributed by atoms with Crippen LogP contribution in [0.15, 0.2) is 18.2 Å². The molecule has 2 unspecified atom stereocenters. The molecule has 2 atom stereocenters. The minimum absolute atomic E-state index is 0.0734. The van der Waals surface area contributed by atoms with E-state index in [1.165, 1.54) is 6.07 Å². The highest BCUT2D eigenvalue weighted by atomic mass is 35.5. The van der Waals surface area contributed by atoms with E-state index in [1.807, 2.05) is 6.07 Å². The van der Waals surface area contributed by atoms with Crippen LogP contribution in [0, 0.1) is 5.82 Å². The third-order valence-electron chi connectivity index (χ3n) is 3.47. The minimum Gasteiger partial charge on any atom is -0.326 e. The Balaban J connectivity index is 2.31. The largest absolute Gasteiger partial charge is 0.326 e. The van der Waals surface area contributed by atoms with Gasteiger partial charge < -0.3 is 5.73 Å². The number of nitrogens with zero attached hydrogens (tertiary/aromatic N) is 1. The highest BCUT2D eigenvalue weighted by Gasteiger charge is 2.29. The smallest absolute Gasteiger partial charge is 0.142 e. The molecule has 0 amide bonds. The summed E-state index contributed by atoms with van der Waals surface area (Å²) in [6, 6.07) is 5.19. The molecule has 0 aliphatic carbocycles. The Morgan fingerprint density at radius 2 is 2.29 bits per heavy atom. The molecule has 0 radical (unpaired) electrons. The maximum atomic E-state index is 13.5. The Hall–Kier alpha value is -0.640. The first-order valence-electron chi connectivity index (χ1n) is 6.08. The molecule has 0 bridgehead atoms. The first kappa shape index (κ1) is 12.8. The number of hydrogen-bond donors (Lipinski definition) is 1. The van der Waals surface area contributed by atoms with E-state index >= 15 is 0 Å². The highest BCUT2D eigenvalue weighted by molar-refractivity contribution is 6.30. The number of halogens is 2. The van der Waals surface area contributed by atoms with Gasteiger partial charge in [-0.05, 0) is 43.6 Å². The average molecular weight is 257 g/mol. The molecule has 2 N–H and O–H groups in total. The second-order valence-corrected chi connectivity index (χ2v) is 4.96. The topological polar surface area (TPSA) is 29.3 Å². The molecule has 1 fully saturated rings. The van der Waals surface area contributed by atoms with Crippen molar-refractivity contribution in [3.8, 4) is 0 Å². The summed E-state index contributed by atoms with van der Waals surface area (Å²) in [5.74, 6) is -0.363. The van der Waals surface area contributed by atoms with Crippen LogP contribution in [0.2, 0.25) is 5.02 Å². The molecule has 1 aliphatic heterocycles. The van der Waals surface area contributed by atoms with Gasteiger partial charge in [0.15, 0.2) is 0 Å². The van der Waals surface area contributed by atoms with Gasteiger partial charge in [-0.2, -0.15) is 0 Å². The fourth-order valence-electron chi connectivity index (χ4n) is 2.61. The molecule has 1 aliphatic rings. The molecule has 0 aromatic heterocycles. The Bertz CT molecular complexity index is 397. The van der Waals surface area contributed by atoms with Crippen molar-refractivity contribution in [2.24, 2.45) is 5.73 Å². The Morgan fingerprint density at radius 3 is 2.94 bits per heavy atom. The number of likely N-dealkylation sites (N-methyl/N-ethyl adjacent to an activating group) is 1. The van der Waals surface area contributed by atoms with Crippen molar-refractivity contribution >= 4 is 11.6 Å². The zero-order valence-electron chi connectivity index (χ0n) is 10.00. The average Bonchev–Trinajstić information content (AvgIpc) is 2.32. The lowest BCUT2D eigenvalue weighted by Gasteiger charge is -2.39. The molecule has 1 aromatic carbocycles. The lowest BCUT2D eigenvalue weighted by molar-refractivity contribution is 0.135. The van der Waals surface area contributed by atoms with Gasteiger partial charge in [-0.15, -0.1) is 0 Å². The van der Waals surface area contributed by atoms with Crippen molar-refractivity contribution < 1.29 is 4.39 Å². The number of hydrogen-bond acceptors (Lipinski definition) is 2. The number of rotatable bonds is 2. The molecule has 1 heterocycles. The summed E-state index contributed by atoms with van der Waals surface area (Å²) in [5, 5.41) is 0.168. The van der Waals surface area contributed by atoms with Crippen molar-refractivity contribution in [2.45, 2.75) is 31.8 Å². The number of piperidine rings is 1. The van der Waals surface area contributed by atoms with E-state index in [9.17, 15) is 4.39 Å². The summed E-state index contributed by atoms with van der Waals surface area (Å²) in [4.78, 5) is 2.30. The summed E-state index contributed by atoms with van der Waals surface area (Å²) >= 11 is 5.71. The fourth-order valence-corrected chi connectivity index (χ4v) is 2.72. The lowest BCUT2D eigenvalue weighted by atomic mass is 9.91. The number of benzene rings is 1. The third kappa shape index (κ3) is 2.62. The zero-order valence-corrected chi connectivity index (χ0v) is 10.8. The second kappa shape index (κ2) is 5.34. The van der Waals surface area contributed by atoms with Gasteiger partial charge in [0.25, 0.3) is 0 Å². The number of nitrogens with two attached hydrogens (primary N) is 1. The van der Waals surface area contributed by atoms with Crippen LogP contribution in [0.5, 0.6) is 0 Å². The van der Waals surface area contributed by atoms with E-state index < -0.39 is 0 Å². The molecule has 0 spiro atoms. The normalized spacial score (nSPS) is 26.1. The molecule has 0 saturated carbocycles. The van der Waals surface area contributed by atoms with E-state index in [4.69, 9.17) is 17.3 Å². The van der Waals surface area contributed by atoms with Gasteiger partial charge in [0.1, 0.15) is 5.82 Å². The summed E-state index contributed by atoms with van der Waals surface area (Å²) in [6.45, 7) is 4.07. The van der Waals surface area contributed by atoms with Crippen LogP contribution in [-0.2, 0) is 0 Å². The quantitative estimate of drug-likeness (QED) is 0.882. The molecule has 17 heavy (non-hydrogen) atoms. The minimum atomic E-state index is -0.363. The van der Waals surface area contributed by atoms with E-state index in [0.29, 0.717) is 0 Å². The third-order valence-corrected chi connectivity index (χ3v) is 3.78. The van der Waals surface area contributed by atoms with Crippen LogP contribution >= 0.6 is 11.6 Å². The van der Waals surface area contributed by atoms with Crippen molar-refractivity contribution in [1.29, 1.82) is 0 Å². The molecule has 1 aromatic rings. The molecule has 94 valence electrons. The van der Waals surface area contributed by atoms with Gasteiger partial charge in [-0.3, -0.25) is 4.90 Å². The van der Waals surface area contributed by atoms with Gasteiger partial charge in [0.2, 0.25) is 0 Å². The Labute approximate surface area is 107 Å². The first-order valence-corrected chi connectivity index (χ1v) is 6.46. The van der Waals surface area contributed by atoms with Crippen LogP contribution in [-0.4, -0.2) is 24.0 Å². The fraction of sp³-hybridized carbons (Fsp3) is 0.538. The van der Waals surface area contributed by atoms with Crippen molar-refractivity contribution in [3.05, 3.63) is 34.6 Å². The second-order valence-electron chi connectivity index (χ2n) is 4.55. The first-order chi connectivity index (χ1) is 8.13. The van der Waals surface area contributed by atoms with E-state index in [0.717, 1.165) is 31.5 Å². The predicted molar refractivity (Wildman–Crippen MR) is 68.6 cm³/mol. The molecule has 1 saturated heterocycles. The zero-order chi connectivity index (χ0) is 12.4. The Kier molecular flexibility index (Phi) is 4.02. The summed E-state index contributed by atoms with van der Waals surface area (Å²) in [7, 11) is 0. The van der Waals surface area contributed by atoms with Crippen molar-refractivity contribution in [3.63, 3.8) is 0 Å². The monoisotopic (exact) mass is 256 g/mol. The van der Waals surface area contributed by atoms with Gasteiger partial charge in [0, 0.05) is 12.1 Å². The Morgan fingerprint density at radius 1 is 1.53 bits per heavy atom. The van der Waals surface area contributed by atoms with Crippen LogP contribution in [0.1, 0.15) is 31.4 Å². The van der Waals surface area contributed by atoms with Crippen LogP contribution in [0.3, 0.4) is 0 Å². The summed E-state index contributed by atoms with van der Waals surface area (Å²) in [6.07, 6.45) is 2.10.